The lowest BCUT2D eigenvalue weighted by atomic mass is 10.3. The van der Waals surface area contributed by atoms with Crippen LogP contribution >= 0.6 is 34.5 Å². The minimum absolute atomic E-state index is 0.168. The van der Waals surface area contributed by atoms with Crippen molar-refractivity contribution in [1.29, 1.82) is 0 Å². The van der Waals surface area contributed by atoms with Crippen molar-refractivity contribution in [3.8, 4) is 17.2 Å². The smallest absolute Gasteiger partial charge is 0.258 e. The van der Waals surface area contributed by atoms with E-state index < -0.39 is 0 Å². The Hall–Kier alpha value is -2.02. The molecule has 3 rings (SSSR count). The second kappa shape index (κ2) is 7.91. The molecule has 0 fully saturated rings. The predicted molar refractivity (Wildman–Crippen MR) is 98.4 cm³/mol. The third-order valence-electron chi connectivity index (χ3n) is 3.24. The highest BCUT2D eigenvalue weighted by Crippen LogP contribution is 2.27. The van der Waals surface area contributed by atoms with Gasteiger partial charge in [0.15, 0.2) is 12.4 Å². The van der Waals surface area contributed by atoms with Crippen molar-refractivity contribution in [2.45, 2.75) is 13.5 Å². The van der Waals surface area contributed by atoms with Crippen molar-refractivity contribution in [1.82, 2.24) is 10.3 Å². The van der Waals surface area contributed by atoms with Gasteiger partial charge >= 0.3 is 0 Å². The number of halogens is 2. The van der Waals surface area contributed by atoms with Crippen LogP contribution in [0.25, 0.3) is 11.5 Å². The Morgan fingerprint density at radius 2 is 2.16 bits per heavy atom. The second-order valence-corrected chi connectivity index (χ2v) is 7.06. The summed E-state index contributed by atoms with van der Waals surface area (Å²) in [4.78, 5) is 16.3. The Labute approximate surface area is 158 Å². The van der Waals surface area contributed by atoms with Crippen LogP contribution in [0.15, 0.2) is 40.1 Å². The number of hydrogen-bond acceptors (Lipinski definition) is 5. The molecule has 0 saturated heterocycles. The van der Waals surface area contributed by atoms with E-state index in [2.05, 4.69) is 10.3 Å². The molecule has 5 nitrogen and oxygen atoms in total. The number of nitrogens with zero attached hydrogens (tertiary/aromatic N) is 1. The zero-order chi connectivity index (χ0) is 17.8. The molecule has 0 unspecified atom stereocenters. The minimum atomic E-state index is -0.293. The van der Waals surface area contributed by atoms with Crippen LogP contribution in [0.1, 0.15) is 10.8 Å². The van der Waals surface area contributed by atoms with Crippen LogP contribution in [-0.2, 0) is 11.3 Å². The summed E-state index contributed by atoms with van der Waals surface area (Å²) in [6, 6.07) is 8.46. The number of rotatable bonds is 6. The summed E-state index contributed by atoms with van der Waals surface area (Å²) in [5, 5.41) is 6.50. The van der Waals surface area contributed by atoms with E-state index in [1.807, 2.05) is 18.4 Å². The Morgan fingerprint density at radius 3 is 2.92 bits per heavy atom. The number of benzene rings is 1. The van der Waals surface area contributed by atoms with Crippen LogP contribution in [0, 0.1) is 6.92 Å². The maximum absolute atomic E-state index is 11.9. The van der Waals surface area contributed by atoms with Gasteiger partial charge in [-0.15, -0.1) is 11.3 Å². The number of ether oxygens (including phenoxy) is 1. The Bertz CT molecular complexity index is 892. The van der Waals surface area contributed by atoms with Crippen molar-refractivity contribution in [3.05, 3.63) is 56.5 Å². The van der Waals surface area contributed by atoms with Crippen molar-refractivity contribution in [2.75, 3.05) is 6.61 Å². The monoisotopic (exact) mass is 396 g/mol. The fraction of sp³-hybridized carbons (Fsp3) is 0.176. The van der Waals surface area contributed by atoms with Gasteiger partial charge < -0.3 is 14.5 Å². The zero-order valence-electron chi connectivity index (χ0n) is 13.2. The van der Waals surface area contributed by atoms with Crippen LogP contribution in [-0.4, -0.2) is 17.5 Å². The van der Waals surface area contributed by atoms with Gasteiger partial charge in [0.25, 0.3) is 5.91 Å². The molecule has 1 amide bonds. The maximum Gasteiger partial charge on any atom is 0.258 e. The van der Waals surface area contributed by atoms with Gasteiger partial charge in [-0.3, -0.25) is 4.79 Å². The molecule has 2 aromatic heterocycles. The number of aromatic nitrogens is 1. The van der Waals surface area contributed by atoms with Crippen LogP contribution in [0.3, 0.4) is 0 Å². The minimum Gasteiger partial charge on any atom is -0.482 e. The highest BCUT2D eigenvalue weighted by atomic mass is 35.5. The topological polar surface area (TPSA) is 64.4 Å². The van der Waals surface area contributed by atoms with Gasteiger partial charge in [-0.1, -0.05) is 23.2 Å². The summed E-state index contributed by atoms with van der Waals surface area (Å²) in [6.45, 7) is 2.03. The normalized spacial score (nSPS) is 10.7. The average molecular weight is 397 g/mol. The number of carbonyl (C=O) groups excluding carboxylic acids is 1. The van der Waals surface area contributed by atoms with Gasteiger partial charge in [0.05, 0.1) is 16.6 Å². The van der Waals surface area contributed by atoms with Crippen molar-refractivity contribution in [2.24, 2.45) is 0 Å². The lowest BCUT2D eigenvalue weighted by Crippen LogP contribution is -2.28. The van der Waals surface area contributed by atoms with Crippen molar-refractivity contribution >= 4 is 40.4 Å². The number of amides is 1. The van der Waals surface area contributed by atoms with Crippen molar-refractivity contribution < 1.29 is 13.9 Å². The lowest BCUT2D eigenvalue weighted by molar-refractivity contribution is -0.123. The lowest BCUT2D eigenvalue weighted by Gasteiger charge is -2.08. The molecular weight excluding hydrogens is 383 g/mol. The molecule has 1 N–H and O–H groups in total. The molecule has 25 heavy (non-hydrogen) atoms. The average Bonchev–Trinajstić information content (AvgIpc) is 3.22. The van der Waals surface area contributed by atoms with Crippen LogP contribution in [0.4, 0.5) is 0 Å². The molecule has 0 aliphatic carbocycles. The van der Waals surface area contributed by atoms with E-state index in [1.165, 1.54) is 0 Å². The molecule has 0 atom stereocenters. The van der Waals surface area contributed by atoms with E-state index in [-0.39, 0.29) is 19.1 Å². The van der Waals surface area contributed by atoms with Crippen molar-refractivity contribution in [3.63, 3.8) is 0 Å². The molecule has 3 aromatic rings. The highest BCUT2D eigenvalue weighted by molar-refractivity contribution is 7.09. The Kier molecular flexibility index (Phi) is 5.63. The van der Waals surface area contributed by atoms with E-state index in [0.29, 0.717) is 27.3 Å². The molecule has 0 aliphatic rings. The second-order valence-electron chi connectivity index (χ2n) is 5.16. The number of nitrogens with one attached hydrogen (secondary N) is 1. The van der Waals surface area contributed by atoms with Crippen LogP contribution in [0.2, 0.25) is 10.0 Å². The largest absolute Gasteiger partial charge is 0.482 e. The quantitative estimate of drug-likeness (QED) is 0.654. The molecule has 0 spiro atoms. The summed E-state index contributed by atoms with van der Waals surface area (Å²) in [5.74, 6) is 1.38. The fourth-order valence-electron chi connectivity index (χ4n) is 2.06. The standard InChI is InChI=1S/C17H14Cl2N2O3S/c1-10-21-14(9-25-10)15-5-3-12(24-15)7-20-17(22)8-23-16-6-11(18)2-4-13(16)19/h2-6,9H,7-8H2,1H3,(H,20,22). The van der Waals surface area contributed by atoms with E-state index >= 15 is 0 Å². The van der Waals surface area contributed by atoms with Gasteiger partial charge in [-0.2, -0.15) is 0 Å². The van der Waals surface area contributed by atoms with Gasteiger partial charge in [0.2, 0.25) is 0 Å². The summed E-state index contributed by atoms with van der Waals surface area (Å²) in [7, 11) is 0. The van der Waals surface area contributed by atoms with Crippen LogP contribution in [0.5, 0.6) is 5.75 Å². The molecule has 0 radical (unpaired) electrons. The number of carbonyl (C=O) groups is 1. The fourth-order valence-corrected chi connectivity index (χ4v) is 2.99. The molecule has 0 saturated carbocycles. The maximum atomic E-state index is 11.9. The first-order chi connectivity index (χ1) is 12.0. The van der Waals surface area contributed by atoms with Gasteiger partial charge in [0, 0.05) is 16.5 Å². The first-order valence-corrected chi connectivity index (χ1v) is 9.00. The van der Waals surface area contributed by atoms with Crippen LogP contribution < -0.4 is 10.1 Å². The molecule has 130 valence electrons. The predicted octanol–water partition coefficient (Wildman–Crippen LogP) is 4.71. The SMILES string of the molecule is Cc1nc(-c2ccc(CNC(=O)COc3cc(Cl)ccc3Cl)o2)cs1. The number of aryl methyl sites for hydroxylation is 1. The molecule has 1 aromatic carbocycles. The van der Waals surface area contributed by atoms with Gasteiger partial charge in [0.1, 0.15) is 17.2 Å². The molecule has 0 bridgehead atoms. The molecule has 2 heterocycles. The highest BCUT2D eigenvalue weighted by Gasteiger charge is 2.10. The summed E-state index contributed by atoms with van der Waals surface area (Å²) in [6.07, 6.45) is 0. The molecule has 0 aliphatic heterocycles. The van der Waals surface area contributed by atoms with Gasteiger partial charge in [-0.05, 0) is 31.2 Å². The number of thiazole rings is 1. The zero-order valence-corrected chi connectivity index (χ0v) is 15.5. The number of hydrogen-bond donors (Lipinski definition) is 1. The first kappa shape index (κ1) is 17.8. The summed E-state index contributed by atoms with van der Waals surface area (Å²) in [5.41, 5.74) is 0.791. The first-order valence-electron chi connectivity index (χ1n) is 7.37. The Balaban J connectivity index is 1.51. The van der Waals surface area contributed by atoms with E-state index in [9.17, 15) is 4.79 Å². The van der Waals surface area contributed by atoms with Gasteiger partial charge in [-0.25, -0.2) is 4.98 Å². The number of furan rings is 1. The summed E-state index contributed by atoms with van der Waals surface area (Å²) >= 11 is 13.4. The third kappa shape index (κ3) is 4.75. The Morgan fingerprint density at radius 1 is 1.32 bits per heavy atom. The van der Waals surface area contributed by atoms with E-state index in [1.54, 1.807) is 35.6 Å². The summed E-state index contributed by atoms with van der Waals surface area (Å²) < 4.78 is 11.1. The molecule has 8 heteroatoms. The third-order valence-corrected chi connectivity index (χ3v) is 4.57. The van der Waals surface area contributed by atoms with E-state index in [4.69, 9.17) is 32.4 Å². The molecular formula is C17H14Cl2N2O3S. The van der Waals surface area contributed by atoms with E-state index in [0.717, 1.165) is 10.7 Å².